The molecule has 2 aromatic rings. The van der Waals surface area contributed by atoms with E-state index in [-0.39, 0.29) is 11.9 Å². The molecular weight excluding hydrogens is 422 g/mol. The monoisotopic (exact) mass is 455 g/mol. The lowest BCUT2D eigenvalue weighted by Crippen LogP contribution is -2.53. The number of sulfonamides is 1. The fourth-order valence-electron chi connectivity index (χ4n) is 4.71. The van der Waals surface area contributed by atoms with Gasteiger partial charge in [0.2, 0.25) is 15.9 Å². The van der Waals surface area contributed by atoms with Crippen molar-refractivity contribution in [1.82, 2.24) is 9.21 Å². The third kappa shape index (κ3) is 4.60. The van der Waals surface area contributed by atoms with Crippen molar-refractivity contribution >= 4 is 21.6 Å². The standard InChI is InChI=1S/C25H33N3O3S/c1-18(2)23-9-4-5-10-24(23)26-25(29)19(3)27-13-15-28(16-14-27)32(30,31)22-12-11-20-7-6-8-21(20)17-22/h4-5,9-12,17-19H,6-8,13-16H2,1-3H3,(H,26,29)/t19-/m1/s1. The van der Waals surface area contributed by atoms with Gasteiger partial charge < -0.3 is 5.32 Å². The summed E-state index contributed by atoms with van der Waals surface area (Å²) in [5.41, 5.74) is 4.39. The predicted octanol–water partition coefficient (Wildman–Crippen LogP) is 3.63. The summed E-state index contributed by atoms with van der Waals surface area (Å²) in [4.78, 5) is 15.4. The van der Waals surface area contributed by atoms with Crippen LogP contribution in [0.3, 0.4) is 0 Å². The fourth-order valence-corrected chi connectivity index (χ4v) is 6.18. The van der Waals surface area contributed by atoms with Crippen LogP contribution < -0.4 is 5.32 Å². The molecule has 0 bridgehead atoms. The van der Waals surface area contributed by atoms with Crippen molar-refractivity contribution in [2.75, 3.05) is 31.5 Å². The number of carbonyl (C=O) groups excluding carboxylic acids is 1. The van der Waals surface area contributed by atoms with Crippen molar-refractivity contribution in [2.24, 2.45) is 0 Å². The number of benzene rings is 2. The molecule has 0 aromatic heterocycles. The minimum absolute atomic E-state index is 0.0620. The smallest absolute Gasteiger partial charge is 0.243 e. The van der Waals surface area contributed by atoms with Gasteiger partial charge in [0, 0.05) is 31.9 Å². The molecule has 1 aliphatic carbocycles. The van der Waals surface area contributed by atoms with Gasteiger partial charge in [0.1, 0.15) is 0 Å². The summed E-state index contributed by atoms with van der Waals surface area (Å²) in [6.45, 7) is 7.94. The van der Waals surface area contributed by atoms with E-state index in [2.05, 4.69) is 24.1 Å². The Morgan fingerprint density at radius 3 is 2.34 bits per heavy atom. The van der Waals surface area contributed by atoms with E-state index in [0.29, 0.717) is 37.0 Å². The Morgan fingerprint density at radius 2 is 1.62 bits per heavy atom. The van der Waals surface area contributed by atoms with Crippen LogP contribution >= 0.6 is 0 Å². The SMILES string of the molecule is CC(C)c1ccccc1NC(=O)[C@@H](C)N1CCN(S(=O)(=O)c2ccc3c(c2)CCC3)CC1. The van der Waals surface area contributed by atoms with Crippen LogP contribution in [0.15, 0.2) is 47.4 Å². The zero-order chi connectivity index (χ0) is 22.9. The maximum Gasteiger partial charge on any atom is 0.243 e. The van der Waals surface area contributed by atoms with Crippen LogP contribution in [0.4, 0.5) is 5.69 Å². The van der Waals surface area contributed by atoms with Gasteiger partial charge in [0.05, 0.1) is 10.9 Å². The van der Waals surface area contributed by atoms with E-state index in [1.807, 2.05) is 43.3 Å². The van der Waals surface area contributed by atoms with Gasteiger partial charge in [-0.15, -0.1) is 0 Å². The first kappa shape index (κ1) is 23.0. The Bertz CT molecular complexity index is 1090. The molecule has 1 atom stereocenters. The van der Waals surface area contributed by atoms with Crippen LogP contribution in [-0.2, 0) is 27.7 Å². The van der Waals surface area contributed by atoms with Crippen LogP contribution in [0.2, 0.25) is 0 Å². The summed E-state index contributed by atoms with van der Waals surface area (Å²) in [6, 6.07) is 13.1. The molecule has 1 amide bonds. The highest BCUT2D eigenvalue weighted by molar-refractivity contribution is 7.89. The van der Waals surface area contributed by atoms with Gasteiger partial charge in [-0.3, -0.25) is 9.69 Å². The van der Waals surface area contributed by atoms with E-state index >= 15 is 0 Å². The number of nitrogens with one attached hydrogen (secondary N) is 1. The Hall–Kier alpha value is -2.22. The highest BCUT2D eigenvalue weighted by atomic mass is 32.2. The number of hydrogen-bond acceptors (Lipinski definition) is 4. The maximum atomic E-state index is 13.2. The van der Waals surface area contributed by atoms with Crippen molar-refractivity contribution in [2.45, 2.75) is 56.9 Å². The highest BCUT2D eigenvalue weighted by Gasteiger charge is 2.32. The zero-order valence-electron chi connectivity index (χ0n) is 19.2. The second-order valence-electron chi connectivity index (χ2n) is 9.13. The number of hydrogen-bond donors (Lipinski definition) is 1. The molecule has 2 aromatic carbocycles. The number of rotatable bonds is 6. The Balaban J connectivity index is 1.38. The molecule has 1 fully saturated rings. The summed E-state index contributed by atoms with van der Waals surface area (Å²) in [5, 5.41) is 3.07. The van der Waals surface area contributed by atoms with Gasteiger partial charge in [-0.25, -0.2) is 8.42 Å². The van der Waals surface area contributed by atoms with Crippen molar-refractivity contribution in [3.05, 3.63) is 59.2 Å². The van der Waals surface area contributed by atoms with E-state index in [1.54, 1.807) is 10.4 Å². The third-order valence-corrected chi connectivity index (χ3v) is 8.64. The van der Waals surface area contributed by atoms with Crippen molar-refractivity contribution in [1.29, 1.82) is 0 Å². The Kier molecular flexibility index (Phi) is 6.70. The number of carbonyl (C=O) groups is 1. The quantitative estimate of drug-likeness (QED) is 0.722. The van der Waals surface area contributed by atoms with E-state index in [0.717, 1.165) is 36.1 Å². The fraction of sp³-hybridized carbons (Fsp3) is 0.480. The molecule has 0 spiro atoms. The van der Waals surface area contributed by atoms with E-state index in [9.17, 15) is 13.2 Å². The van der Waals surface area contributed by atoms with Crippen LogP contribution in [0, 0.1) is 0 Å². The molecule has 0 unspecified atom stereocenters. The topological polar surface area (TPSA) is 69.7 Å². The summed E-state index contributed by atoms with van der Waals surface area (Å²) in [5.74, 6) is 0.253. The van der Waals surface area contributed by atoms with Crippen LogP contribution in [-0.4, -0.2) is 55.8 Å². The van der Waals surface area contributed by atoms with Crippen molar-refractivity contribution in [3.8, 4) is 0 Å². The lowest BCUT2D eigenvalue weighted by Gasteiger charge is -2.36. The summed E-state index contributed by atoms with van der Waals surface area (Å²) >= 11 is 0. The van der Waals surface area contributed by atoms with Crippen molar-refractivity contribution in [3.63, 3.8) is 0 Å². The Morgan fingerprint density at radius 1 is 0.938 bits per heavy atom. The van der Waals surface area contributed by atoms with Crippen LogP contribution in [0.5, 0.6) is 0 Å². The molecule has 172 valence electrons. The van der Waals surface area contributed by atoms with E-state index in [1.165, 1.54) is 5.56 Å². The number of nitrogens with zero attached hydrogens (tertiary/aromatic N) is 2. The second-order valence-corrected chi connectivity index (χ2v) is 11.1. The number of aryl methyl sites for hydroxylation is 2. The van der Waals surface area contributed by atoms with Gasteiger partial charge >= 0.3 is 0 Å². The minimum atomic E-state index is -3.51. The van der Waals surface area contributed by atoms with E-state index in [4.69, 9.17) is 0 Å². The molecule has 2 aliphatic rings. The number of fused-ring (bicyclic) bond motifs is 1. The first-order valence-corrected chi connectivity index (χ1v) is 13.0. The third-order valence-electron chi connectivity index (χ3n) is 6.75. The van der Waals surface area contributed by atoms with Gasteiger partial charge in [-0.1, -0.05) is 38.1 Å². The number of anilines is 1. The minimum Gasteiger partial charge on any atom is -0.324 e. The molecule has 7 heteroatoms. The average Bonchev–Trinajstić information content (AvgIpc) is 3.27. The second kappa shape index (κ2) is 9.33. The largest absolute Gasteiger partial charge is 0.324 e. The Labute approximate surface area is 191 Å². The average molecular weight is 456 g/mol. The lowest BCUT2D eigenvalue weighted by atomic mass is 10.0. The number of amides is 1. The summed E-state index contributed by atoms with van der Waals surface area (Å²) in [6.07, 6.45) is 3.09. The van der Waals surface area contributed by atoms with Gasteiger partial charge in [-0.2, -0.15) is 4.31 Å². The molecule has 6 nitrogen and oxygen atoms in total. The van der Waals surface area contributed by atoms with Gasteiger partial charge in [-0.05, 0) is 67.0 Å². The molecule has 1 saturated heterocycles. The molecule has 0 radical (unpaired) electrons. The molecular formula is C25H33N3O3S. The first-order valence-electron chi connectivity index (χ1n) is 11.5. The van der Waals surface area contributed by atoms with Crippen LogP contribution in [0.25, 0.3) is 0 Å². The normalized spacial score (nSPS) is 18.5. The maximum absolute atomic E-state index is 13.2. The zero-order valence-corrected chi connectivity index (χ0v) is 20.0. The lowest BCUT2D eigenvalue weighted by molar-refractivity contribution is -0.121. The van der Waals surface area contributed by atoms with Crippen molar-refractivity contribution < 1.29 is 13.2 Å². The molecule has 1 aliphatic heterocycles. The highest BCUT2D eigenvalue weighted by Crippen LogP contribution is 2.27. The van der Waals surface area contributed by atoms with Crippen LogP contribution in [0.1, 0.15) is 49.8 Å². The molecule has 4 rings (SSSR count). The molecule has 32 heavy (non-hydrogen) atoms. The predicted molar refractivity (Wildman–Crippen MR) is 127 cm³/mol. The summed E-state index contributed by atoms with van der Waals surface area (Å²) < 4.78 is 27.9. The number of piperazine rings is 1. The molecule has 1 heterocycles. The number of para-hydroxylation sites is 1. The molecule has 0 saturated carbocycles. The summed E-state index contributed by atoms with van der Waals surface area (Å²) in [7, 11) is -3.51. The van der Waals surface area contributed by atoms with Gasteiger partial charge in [0.15, 0.2) is 0 Å². The van der Waals surface area contributed by atoms with Gasteiger partial charge in [0.25, 0.3) is 0 Å². The van der Waals surface area contributed by atoms with E-state index < -0.39 is 10.0 Å². The first-order chi connectivity index (χ1) is 15.3. The molecule has 1 N–H and O–H groups in total.